The van der Waals surface area contributed by atoms with Gasteiger partial charge >= 0.3 is 0 Å². The van der Waals surface area contributed by atoms with Crippen molar-refractivity contribution in [1.29, 1.82) is 10.5 Å². The Balaban J connectivity index is 2.12. The summed E-state index contributed by atoms with van der Waals surface area (Å²) < 4.78 is 27.6. The molecule has 6 heteroatoms. The molecule has 0 unspecified atom stereocenters. The molecule has 0 aliphatic heterocycles. The summed E-state index contributed by atoms with van der Waals surface area (Å²) in [6.07, 6.45) is 3.57. The maximum Gasteiger partial charge on any atom is 0.206 e. The highest BCUT2D eigenvalue weighted by Crippen LogP contribution is 2.32. The van der Waals surface area contributed by atoms with Crippen molar-refractivity contribution in [2.75, 3.05) is 0 Å². The standard InChI is InChI=1S/C22H8F2N4/c23-11-1-3-13-15-7-20-16(8-19(15)21(27-9-25)17(13)5-11)14-4-2-12(24)6-18(14)22(20)28-10-26/h1-8H. The van der Waals surface area contributed by atoms with E-state index in [1.165, 1.54) is 24.3 Å². The molecule has 5 aromatic carbocycles. The van der Waals surface area contributed by atoms with Crippen molar-refractivity contribution in [3.63, 3.8) is 0 Å². The molecule has 0 aliphatic rings. The fourth-order valence-electron chi connectivity index (χ4n) is 3.96. The molecular formula is C22H8F2N4. The number of halogens is 2. The number of benzene rings is 3. The van der Waals surface area contributed by atoms with E-state index in [-0.39, 0.29) is 0 Å². The van der Waals surface area contributed by atoms with Crippen LogP contribution in [0.4, 0.5) is 8.78 Å². The molecule has 0 aromatic heterocycles. The zero-order valence-corrected chi connectivity index (χ0v) is 14.2. The van der Waals surface area contributed by atoms with Crippen molar-refractivity contribution in [1.82, 2.24) is 0 Å². The van der Waals surface area contributed by atoms with Gasteiger partial charge in [0.15, 0.2) is 0 Å². The molecule has 28 heavy (non-hydrogen) atoms. The fraction of sp³-hybridized carbons (Fsp3) is 0. The Bertz CT molecular complexity index is 1530. The van der Waals surface area contributed by atoms with Gasteiger partial charge in [-0.3, -0.25) is 0 Å². The van der Waals surface area contributed by atoms with Crippen LogP contribution in [-0.4, -0.2) is 0 Å². The van der Waals surface area contributed by atoms with Crippen LogP contribution in [0, 0.1) is 34.5 Å². The topological polar surface area (TPSA) is 72.3 Å². The first-order valence-corrected chi connectivity index (χ1v) is 8.35. The molecule has 0 saturated carbocycles. The van der Waals surface area contributed by atoms with Gasteiger partial charge in [0.05, 0.1) is 10.7 Å². The minimum absolute atomic E-state index is 0.393. The van der Waals surface area contributed by atoms with Gasteiger partial charge in [0.1, 0.15) is 11.6 Å². The van der Waals surface area contributed by atoms with Crippen LogP contribution in [-0.2, 0) is 0 Å². The minimum Gasteiger partial charge on any atom is -0.207 e. The third kappa shape index (κ3) is 2.06. The van der Waals surface area contributed by atoms with E-state index >= 15 is 0 Å². The SMILES string of the molecule is N#CN=c1c2cc(F)ccc2c2cc3c(=NC#N)c4cc(F)ccc4c3cc12. The summed E-state index contributed by atoms with van der Waals surface area (Å²) in [5, 5.41) is 24.5. The molecule has 0 saturated heterocycles. The quantitative estimate of drug-likeness (QED) is 0.385. The Hall–Kier alpha value is -4.16. The number of fused-ring (bicyclic) bond motifs is 6. The van der Waals surface area contributed by atoms with Gasteiger partial charge in [0.25, 0.3) is 0 Å². The first-order valence-electron chi connectivity index (χ1n) is 8.35. The highest BCUT2D eigenvalue weighted by Gasteiger charge is 2.15. The third-order valence-electron chi connectivity index (χ3n) is 5.05. The Kier molecular flexibility index (Phi) is 3.25. The molecular weight excluding hydrogens is 358 g/mol. The Morgan fingerprint density at radius 2 is 0.929 bits per heavy atom. The van der Waals surface area contributed by atoms with E-state index in [2.05, 4.69) is 9.98 Å². The van der Waals surface area contributed by atoms with E-state index in [4.69, 9.17) is 10.5 Å². The predicted octanol–water partition coefficient (Wildman–Crippen LogP) is 4.22. The Morgan fingerprint density at radius 3 is 1.32 bits per heavy atom. The van der Waals surface area contributed by atoms with Crippen molar-refractivity contribution in [2.24, 2.45) is 9.98 Å². The van der Waals surface area contributed by atoms with Gasteiger partial charge in [-0.1, -0.05) is 12.1 Å². The van der Waals surface area contributed by atoms with Crippen LogP contribution in [0.3, 0.4) is 0 Å². The lowest BCUT2D eigenvalue weighted by atomic mass is 10.1. The van der Waals surface area contributed by atoms with Gasteiger partial charge in [-0.25, -0.2) is 8.78 Å². The molecule has 4 nitrogen and oxygen atoms in total. The molecule has 0 heterocycles. The molecule has 0 aliphatic carbocycles. The fourth-order valence-corrected chi connectivity index (χ4v) is 3.96. The lowest BCUT2D eigenvalue weighted by Crippen LogP contribution is -1.99. The van der Waals surface area contributed by atoms with E-state index in [1.54, 1.807) is 24.5 Å². The summed E-state index contributed by atoms with van der Waals surface area (Å²) in [6, 6.07) is 12.4. The van der Waals surface area contributed by atoms with Crippen molar-refractivity contribution < 1.29 is 8.78 Å². The molecule has 0 amide bonds. The van der Waals surface area contributed by atoms with Crippen molar-refractivity contribution >= 4 is 43.1 Å². The monoisotopic (exact) mass is 366 g/mol. The number of rotatable bonds is 0. The lowest BCUT2D eigenvalue weighted by Gasteiger charge is -1.96. The second kappa shape index (κ2) is 5.67. The number of nitriles is 2. The molecule has 0 atom stereocenters. The second-order valence-corrected chi connectivity index (χ2v) is 6.44. The van der Waals surface area contributed by atoms with Crippen LogP contribution >= 0.6 is 0 Å². The van der Waals surface area contributed by atoms with Crippen LogP contribution in [0.5, 0.6) is 0 Å². The van der Waals surface area contributed by atoms with Crippen LogP contribution in [0.1, 0.15) is 0 Å². The molecule has 130 valence electrons. The summed E-state index contributed by atoms with van der Waals surface area (Å²) in [5.41, 5.74) is 0. The van der Waals surface area contributed by atoms with Crippen molar-refractivity contribution in [3.05, 3.63) is 70.9 Å². The number of hydrogen-bond acceptors (Lipinski definition) is 4. The molecule has 5 aromatic rings. The largest absolute Gasteiger partial charge is 0.207 e. The van der Waals surface area contributed by atoms with E-state index in [0.717, 1.165) is 21.5 Å². The summed E-state index contributed by atoms with van der Waals surface area (Å²) in [6.45, 7) is 0. The maximum absolute atomic E-state index is 13.8. The van der Waals surface area contributed by atoms with E-state index in [0.29, 0.717) is 32.3 Å². The van der Waals surface area contributed by atoms with Gasteiger partial charge in [0.2, 0.25) is 12.4 Å². The molecule has 5 rings (SSSR count). The molecule has 0 bridgehead atoms. The van der Waals surface area contributed by atoms with Crippen LogP contribution in [0.25, 0.3) is 43.1 Å². The van der Waals surface area contributed by atoms with E-state index < -0.39 is 11.6 Å². The maximum atomic E-state index is 13.8. The van der Waals surface area contributed by atoms with Crippen molar-refractivity contribution in [3.8, 4) is 12.4 Å². The van der Waals surface area contributed by atoms with Crippen LogP contribution < -0.4 is 10.7 Å². The first kappa shape index (κ1) is 16.0. The van der Waals surface area contributed by atoms with Crippen LogP contribution in [0.15, 0.2) is 58.5 Å². The predicted molar refractivity (Wildman–Crippen MR) is 101 cm³/mol. The summed E-state index contributed by atoms with van der Waals surface area (Å²) in [7, 11) is 0. The smallest absolute Gasteiger partial charge is 0.206 e. The highest BCUT2D eigenvalue weighted by atomic mass is 19.1. The molecule has 0 fully saturated rings. The summed E-state index contributed by atoms with van der Waals surface area (Å²) >= 11 is 0. The molecule has 0 N–H and O–H groups in total. The normalized spacial score (nSPS) is 13.0. The van der Waals surface area contributed by atoms with Gasteiger partial charge in [-0.05, 0) is 57.9 Å². The van der Waals surface area contributed by atoms with Gasteiger partial charge in [-0.2, -0.15) is 20.5 Å². The van der Waals surface area contributed by atoms with Gasteiger partial charge < -0.3 is 0 Å². The molecule has 0 radical (unpaired) electrons. The second-order valence-electron chi connectivity index (χ2n) is 6.44. The Morgan fingerprint density at radius 1 is 0.536 bits per heavy atom. The molecule has 0 spiro atoms. The first-order chi connectivity index (χ1) is 13.6. The van der Waals surface area contributed by atoms with Gasteiger partial charge in [-0.15, -0.1) is 0 Å². The third-order valence-corrected chi connectivity index (χ3v) is 5.05. The van der Waals surface area contributed by atoms with E-state index in [9.17, 15) is 8.78 Å². The number of hydrogen-bond donors (Lipinski definition) is 0. The summed E-state index contributed by atoms with van der Waals surface area (Å²) in [5.74, 6) is -0.838. The Labute approximate surface area is 156 Å². The average Bonchev–Trinajstić information content (AvgIpc) is 3.13. The highest BCUT2D eigenvalue weighted by molar-refractivity contribution is 6.21. The average molecular weight is 366 g/mol. The van der Waals surface area contributed by atoms with Gasteiger partial charge in [0, 0.05) is 21.5 Å². The zero-order chi connectivity index (χ0) is 19.4. The lowest BCUT2D eigenvalue weighted by molar-refractivity contribution is 0.629. The number of nitrogens with zero attached hydrogens (tertiary/aromatic N) is 4. The zero-order valence-electron chi connectivity index (χ0n) is 14.2. The minimum atomic E-state index is -0.419. The van der Waals surface area contributed by atoms with Crippen LogP contribution in [0.2, 0.25) is 0 Å². The van der Waals surface area contributed by atoms with Crippen molar-refractivity contribution in [2.45, 2.75) is 0 Å². The van der Waals surface area contributed by atoms with E-state index in [1.807, 2.05) is 12.1 Å². The summed E-state index contributed by atoms with van der Waals surface area (Å²) in [4.78, 5) is 7.82.